The number of amides is 2. The molecule has 0 aliphatic carbocycles. The smallest absolute Gasteiger partial charge is 0.326 e. The van der Waals surface area contributed by atoms with Gasteiger partial charge in [-0.05, 0) is 31.0 Å². The van der Waals surface area contributed by atoms with E-state index in [4.69, 9.17) is 10.8 Å². The number of nitrogens with two attached hydrogens (primary N) is 1. The molecule has 126 valence electrons. The second-order valence-corrected chi connectivity index (χ2v) is 5.29. The fourth-order valence-corrected chi connectivity index (χ4v) is 1.93. The van der Waals surface area contributed by atoms with Crippen molar-refractivity contribution in [2.45, 2.75) is 38.3 Å². The SMILES string of the molecule is CC(CCC(=O)O)NC(=O)NC(Cc1ccc(N)cc1)C(=O)O. The molecule has 1 aromatic rings. The van der Waals surface area contributed by atoms with E-state index in [0.29, 0.717) is 5.69 Å². The lowest BCUT2D eigenvalue weighted by atomic mass is 10.1. The van der Waals surface area contributed by atoms with E-state index in [9.17, 15) is 19.5 Å². The Hall–Kier alpha value is -2.77. The van der Waals surface area contributed by atoms with Crippen LogP contribution in [-0.2, 0) is 16.0 Å². The average Bonchev–Trinajstić information content (AvgIpc) is 2.46. The number of hydrogen-bond acceptors (Lipinski definition) is 4. The number of carbonyl (C=O) groups is 3. The number of rotatable bonds is 8. The third-order valence-corrected chi connectivity index (χ3v) is 3.19. The molecule has 0 aliphatic heterocycles. The Labute approximate surface area is 133 Å². The second-order valence-electron chi connectivity index (χ2n) is 5.29. The summed E-state index contributed by atoms with van der Waals surface area (Å²) in [5.74, 6) is -2.11. The van der Waals surface area contributed by atoms with Crippen molar-refractivity contribution in [2.24, 2.45) is 0 Å². The monoisotopic (exact) mass is 323 g/mol. The summed E-state index contributed by atoms with van der Waals surface area (Å²) >= 11 is 0. The first-order valence-electron chi connectivity index (χ1n) is 7.14. The maximum atomic E-state index is 11.8. The second kappa shape index (κ2) is 8.62. The van der Waals surface area contributed by atoms with Crippen molar-refractivity contribution >= 4 is 23.7 Å². The summed E-state index contributed by atoms with van der Waals surface area (Å²) in [5.41, 5.74) is 6.86. The number of hydrogen-bond donors (Lipinski definition) is 5. The zero-order chi connectivity index (χ0) is 17.4. The number of urea groups is 1. The van der Waals surface area contributed by atoms with Crippen LogP contribution >= 0.6 is 0 Å². The number of carbonyl (C=O) groups excluding carboxylic acids is 1. The minimum atomic E-state index is -1.16. The summed E-state index contributed by atoms with van der Waals surface area (Å²) in [6, 6.07) is 4.58. The number of carboxylic acids is 2. The molecule has 23 heavy (non-hydrogen) atoms. The van der Waals surface area contributed by atoms with E-state index in [2.05, 4.69) is 10.6 Å². The van der Waals surface area contributed by atoms with Gasteiger partial charge in [0.25, 0.3) is 0 Å². The van der Waals surface area contributed by atoms with Crippen LogP contribution in [0.25, 0.3) is 0 Å². The van der Waals surface area contributed by atoms with Gasteiger partial charge in [-0.1, -0.05) is 12.1 Å². The van der Waals surface area contributed by atoms with Crippen LogP contribution in [0.5, 0.6) is 0 Å². The van der Waals surface area contributed by atoms with Crippen molar-refractivity contribution in [1.29, 1.82) is 0 Å². The molecule has 0 saturated heterocycles. The van der Waals surface area contributed by atoms with Crippen LogP contribution in [0.15, 0.2) is 24.3 Å². The zero-order valence-electron chi connectivity index (χ0n) is 12.8. The summed E-state index contributed by atoms with van der Waals surface area (Å²) in [7, 11) is 0. The molecule has 1 aromatic carbocycles. The van der Waals surface area contributed by atoms with E-state index in [1.807, 2.05) is 0 Å². The zero-order valence-corrected chi connectivity index (χ0v) is 12.8. The Bertz CT molecular complexity index is 559. The third-order valence-electron chi connectivity index (χ3n) is 3.19. The van der Waals surface area contributed by atoms with Crippen molar-refractivity contribution in [2.75, 3.05) is 5.73 Å². The summed E-state index contributed by atoms with van der Waals surface area (Å²) < 4.78 is 0. The van der Waals surface area contributed by atoms with Gasteiger partial charge in [-0.2, -0.15) is 0 Å². The lowest BCUT2D eigenvalue weighted by Crippen LogP contribution is -2.49. The van der Waals surface area contributed by atoms with Gasteiger partial charge in [-0.15, -0.1) is 0 Å². The molecule has 0 aromatic heterocycles. The number of carboxylic acid groups (broad SMARTS) is 2. The molecule has 0 saturated carbocycles. The first-order chi connectivity index (χ1) is 10.8. The quantitative estimate of drug-likeness (QED) is 0.448. The van der Waals surface area contributed by atoms with E-state index < -0.39 is 24.0 Å². The largest absolute Gasteiger partial charge is 0.481 e. The van der Waals surface area contributed by atoms with Gasteiger partial charge in [0.15, 0.2) is 0 Å². The molecular formula is C15H21N3O5. The molecule has 2 amide bonds. The molecule has 0 fully saturated rings. The molecule has 1 rings (SSSR count). The lowest BCUT2D eigenvalue weighted by Gasteiger charge is -2.18. The number of nitrogen functional groups attached to an aromatic ring is 1. The fraction of sp³-hybridized carbons (Fsp3) is 0.400. The average molecular weight is 323 g/mol. The normalized spacial score (nSPS) is 12.9. The van der Waals surface area contributed by atoms with E-state index in [1.165, 1.54) is 0 Å². The van der Waals surface area contributed by atoms with Crippen LogP contribution in [0.2, 0.25) is 0 Å². The number of benzene rings is 1. The minimum absolute atomic E-state index is 0.0742. The van der Waals surface area contributed by atoms with E-state index in [-0.39, 0.29) is 25.3 Å². The molecule has 8 nitrogen and oxygen atoms in total. The number of nitrogens with one attached hydrogen (secondary N) is 2. The first-order valence-corrected chi connectivity index (χ1v) is 7.14. The Morgan fingerprint density at radius 3 is 2.26 bits per heavy atom. The number of anilines is 1. The predicted molar refractivity (Wildman–Crippen MR) is 84.0 cm³/mol. The molecule has 2 unspecified atom stereocenters. The predicted octanol–water partition coefficient (Wildman–Crippen LogP) is 0.817. The topological polar surface area (TPSA) is 142 Å². The highest BCUT2D eigenvalue weighted by molar-refractivity contribution is 5.83. The molecule has 0 heterocycles. The summed E-state index contributed by atoms with van der Waals surface area (Å²) in [5, 5.41) is 22.7. The summed E-state index contributed by atoms with van der Waals surface area (Å²) in [4.78, 5) is 33.5. The highest BCUT2D eigenvalue weighted by Crippen LogP contribution is 2.08. The van der Waals surface area contributed by atoms with Gasteiger partial charge < -0.3 is 26.6 Å². The van der Waals surface area contributed by atoms with E-state index >= 15 is 0 Å². The molecular weight excluding hydrogens is 302 g/mol. The Morgan fingerprint density at radius 2 is 1.74 bits per heavy atom. The van der Waals surface area contributed by atoms with Crippen LogP contribution in [0.4, 0.5) is 10.5 Å². The van der Waals surface area contributed by atoms with Crippen molar-refractivity contribution in [3.8, 4) is 0 Å². The van der Waals surface area contributed by atoms with Gasteiger partial charge in [-0.25, -0.2) is 9.59 Å². The molecule has 0 aliphatic rings. The summed E-state index contributed by atoms with van der Waals surface area (Å²) in [6.07, 6.45) is 0.306. The van der Waals surface area contributed by atoms with Crippen molar-refractivity contribution in [3.05, 3.63) is 29.8 Å². The maximum Gasteiger partial charge on any atom is 0.326 e. The van der Waals surface area contributed by atoms with Crippen LogP contribution in [0, 0.1) is 0 Å². The maximum absolute atomic E-state index is 11.8. The van der Waals surface area contributed by atoms with Crippen LogP contribution in [0.3, 0.4) is 0 Å². The Kier molecular flexibility index (Phi) is 6.85. The molecule has 8 heteroatoms. The van der Waals surface area contributed by atoms with Crippen molar-refractivity contribution in [1.82, 2.24) is 10.6 Å². The molecule has 0 radical (unpaired) electrons. The highest BCUT2D eigenvalue weighted by atomic mass is 16.4. The number of aliphatic carboxylic acids is 2. The van der Waals surface area contributed by atoms with Crippen LogP contribution < -0.4 is 16.4 Å². The van der Waals surface area contributed by atoms with Crippen molar-refractivity contribution < 1.29 is 24.6 Å². The first kappa shape index (κ1) is 18.3. The highest BCUT2D eigenvalue weighted by Gasteiger charge is 2.21. The Balaban J connectivity index is 2.54. The van der Waals surface area contributed by atoms with Gasteiger partial charge in [-0.3, -0.25) is 4.79 Å². The molecule has 0 bridgehead atoms. The summed E-state index contributed by atoms with van der Waals surface area (Å²) in [6.45, 7) is 1.65. The third kappa shape index (κ3) is 7.16. The van der Waals surface area contributed by atoms with Crippen LogP contribution in [-0.4, -0.2) is 40.3 Å². The van der Waals surface area contributed by atoms with Crippen LogP contribution in [0.1, 0.15) is 25.3 Å². The minimum Gasteiger partial charge on any atom is -0.481 e. The van der Waals surface area contributed by atoms with Gasteiger partial charge in [0, 0.05) is 24.6 Å². The van der Waals surface area contributed by atoms with Gasteiger partial charge >= 0.3 is 18.0 Å². The molecule has 0 spiro atoms. The van der Waals surface area contributed by atoms with Gasteiger partial charge in [0.2, 0.25) is 0 Å². The van der Waals surface area contributed by atoms with E-state index in [0.717, 1.165) is 5.56 Å². The lowest BCUT2D eigenvalue weighted by molar-refractivity contribution is -0.139. The van der Waals surface area contributed by atoms with Crippen molar-refractivity contribution in [3.63, 3.8) is 0 Å². The van der Waals surface area contributed by atoms with Gasteiger partial charge in [0.1, 0.15) is 6.04 Å². The fourth-order valence-electron chi connectivity index (χ4n) is 1.93. The standard InChI is InChI=1S/C15H21N3O5/c1-9(2-7-13(19)20)17-15(23)18-12(14(21)22)8-10-3-5-11(16)6-4-10/h3-6,9,12H,2,7-8,16H2,1H3,(H,19,20)(H,21,22)(H2,17,18,23). The van der Waals surface area contributed by atoms with Gasteiger partial charge in [0.05, 0.1) is 0 Å². The molecule has 6 N–H and O–H groups in total. The molecule has 2 atom stereocenters. The van der Waals surface area contributed by atoms with E-state index in [1.54, 1.807) is 31.2 Å². The Morgan fingerprint density at radius 1 is 1.13 bits per heavy atom.